The molecule has 0 fully saturated rings. The molecule has 0 aliphatic carbocycles. The summed E-state index contributed by atoms with van der Waals surface area (Å²) in [4.78, 5) is 20.6. The van der Waals surface area contributed by atoms with Crippen molar-refractivity contribution in [1.29, 1.82) is 0 Å². The highest BCUT2D eigenvalue weighted by atomic mass is 16.6. The highest BCUT2D eigenvalue weighted by Crippen LogP contribution is 2.28. The first-order chi connectivity index (χ1) is 11.1. The van der Waals surface area contributed by atoms with E-state index in [0.29, 0.717) is 6.42 Å². The standard InChI is InChI=1S/C19H25N3O2/c1-18(2,3)24-16(23)19(4,5)12-13-7-6-8-14(11-13)15-9-10-21-17(20)22-15/h6-11H,12H2,1-5H3,(H2,20,21,22). The number of hydrogen-bond donors (Lipinski definition) is 1. The maximum absolute atomic E-state index is 12.4. The van der Waals surface area contributed by atoms with E-state index < -0.39 is 11.0 Å². The van der Waals surface area contributed by atoms with Gasteiger partial charge in [-0.25, -0.2) is 9.97 Å². The van der Waals surface area contributed by atoms with Crippen LogP contribution in [-0.2, 0) is 16.0 Å². The zero-order valence-corrected chi connectivity index (χ0v) is 15.0. The number of rotatable bonds is 4. The first-order valence-electron chi connectivity index (χ1n) is 7.98. The molecule has 1 aromatic carbocycles. The zero-order chi connectivity index (χ0) is 18.0. The number of nitrogen functional groups attached to an aromatic ring is 1. The Bertz CT molecular complexity index is 733. The lowest BCUT2D eigenvalue weighted by Crippen LogP contribution is -2.35. The summed E-state index contributed by atoms with van der Waals surface area (Å²) in [6.45, 7) is 9.43. The highest BCUT2D eigenvalue weighted by Gasteiger charge is 2.32. The molecule has 0 amide bonds. The third-order valence-corrected chi connectivity index (χ3v) is 3.49. The molecule has 0 aliphatic rings. The van der Waals surface area contributed by atoms with E-state index in [0.717, 1.165) is 16.8 Å². The molecule has 0 atom stereocenters. The molecule has 0 saturated heterocycles. The van der Waals surface area contributed by atoms with E-state index >= 15 is 0 Å². The van der Waals surface area contributed by atoms with Gasteiger partial charge in [0, 0.05) is 11.8 Å². The Morgan fingerprint density at radius 2 is 1.88 bits per heavy atom. The third kappa shape index (κ3) is 4.78. The van der Waals surface area contributed by atoms with Crippen LogP contribution in [0, 0.1) is 5.41 Å². The van der Waals surface area contributed by atoms with E-state index in [9.17, 15) is 4.79 Å². The van der Waals surface area contributed by atoms with E-state index in [2.05, 4.69) is 9.97 Å². The monoisotopic (exact) mass is 327 g/mol. The summed E-state index contributed by atoms with van der Waals surface area (Å²) in [5.41, 5.74) is 7.30. The lowest BCUT2D eigenvalue weighted by atomic mass is 9.85. The van der Waals surface area contributed by atoms with Crippen LogP contribution in [0.25, 0.3) is 11.3 Å². The fraction of sp³-hybridized carbons (Fsp3) is 0.421. The van der Waals surface area contributed by atoms with Gasteiger partial charge < -0.3 is 10.5 Å². The van der Waals surface area contributed by atoms with Crippen LogP contribution in [0.4, 0.5) is 5.95 Å². The van der Waals surface area contributed by atoms with Gasteiger partial charge in [-0.3, -0.25) is 4.79 Å². The van der Waals surface area contributed by atoms with Gasteiger partial charge in [0.15, 0.2) is 0 Å². The number of nitrogens with zero attached hydrogens (tertiary/aromatic N) is 2. The molecule has 0 spiro atoms. The van der Waals surface area contributed by atoms with Crippen LogP contribution in [0.3, 0.4) is 0 Å². The number of nitrogens with two attached hydrogens (primary N) is 1. The lowest BCUT2D eigenvalue weighted by molar-refractivity contribution is -0.165. The van der Waals surface area contributed by atoms with Crippen molar-refractivity contribution in [3.05, 3.63) is 42.1 Å². The molecule has 2 rings (SSSR count). The summed E-state index contributed by atoms with van der Waals surface area (Å²) >= 11 is 0. The minimum atomic E-state index is -0.614. The van der Waals surface area contributed by atoms with E-state index in [1.807, 2.05) is 65.0 Å². The molecule has 0 unspecified atom stereocenters. The smallest absolute Gasteiger partial charge is 0.312 e. The Labute approximate surface area is 143 Å². The maximum atomic E-state index is 12.4. The van der Waals surface area contributed by atoms with Gasteiger partial charge in [0.25, 0.3) is 0 Å². The fourth-order valence-electron chi connectivity index (χ4n) is 2.37. The Balaban J connectivity index is 2.21. The molecule has 0 aliphatic heterocycles. The highest BCUT2D eigenvalue weighted by molar-refractivity contribution is 5.77. The lowest BCUT2D eigenvalue weighted by Gasteiger charge is -2.28. The summed E-state index contributed by atoms with van der Waals surface area (Å²) in [6, 6.07) is 9.75. The van der Waals surface area contributed by atoms with Crippen molar-refractivity contribution in [3.63, 3.8) is 0 Å². The van der Waals surface area contributed by atoms with Crippen molar-refractivity contribution in [1.82, 2.24) is 9.97 Å². The molecule has 1 aromatic heterocycles. The van der Waals surface area contributed by atoms with Gasteiger partial charge in [-0.05, 0) is 58.7 Å². The summed E-state index contributed by atoms with van der Waals surface area (Å²) < 4.78 is 5.53. The molecule has 5 nitrogen and oxygen atoms in total. The van der Waals surface area contributed by atoms with Crippen molar-refractivity contribution in [2.75, 3.05) is 5.73 Å². The van der Waals surface area contributed by atoms with Crippen LogP contribution in [0.5, 0.6) is 0 Å². The van der Waals surface area contributed by atoms with Gasteiger partial charge in [-0.15, -0.1) is 0 Å². The summed E-state index contributed by atoms with van der Waals surface area (Å²) in [5, 5.41) is 0. The van der Waals surface area contributed by atoms with E-state index in [1.165, 1.54) is 0 Å². The Kier molecular flexibility index (Phi) is 4.92. The third-order valence-electron chi connectivity index (χ3n) is 3.49. The van der Waals surface area contributed by atoms with Gasteiger partial charge in [0.05, 0.1) is 11.1 Å². The molecular formula is C19H25N3O2. The molecule has 24 heavy (non-hydrogen) atoms. The maximum Gasteiger partial charge on any atom is 0.312 e. The van der Waals surface area contributed by atoms with Crippen LogP contribution in [-0.4, -0.2) is 21.5 Å². The number of aromatic nitrogens is 2. The number of anilines is 1. The molecule has 2 aromatic rings. The van der Waals surface area contributed by atoms with Crippen LogP contribution >= 0.6 is 0 Å². The van der Waals surface area contributed by atoms with E-state index in [-0.39, 0.29) is 11.9 Å². The van der Waals surface area contributed by atoms with Gasteiger partial charge in [-0.2, -0.15) is 0 Å². The number of esters is 1. The van der Waals surface area contributed by atoms with Crippen LogP contribution in [0.1, 0.15) is 40.2 Å². The zero-order valence-electron chi connectivity index (χ0n) is 15.0. The second-order valence-corrected chi connectivity index (χ2v) is 7.56. The van der Waals surface area contributed by atoms with Gasteiger partial charge in [0.2, 0.25) is 5.95 Å². The van der Waals surface area contributed by atoms with Crippen LogP contribution in [0.15, 0.2) is 36.5 Å². The van der Waals surface area contributed by atoms with Crippen molar-refractivity contribution in [3.8, 4) is 11.3 Å². The second kappa shape index (κ2) is 6.59. The number of carbonyl (C=O) groups excluding carboxylic acids is 1. The van der Waals surface area contributed by atoms with Crippen LogP contribution in [0.2, 0.25) is 0 Å². The molecule has 2 N–H and O–H groups in total. The normalized spacial score (nSPS) is 12.0. The fourth-order valence-corrected chi connectivity index (χ4v) is 2.37. The van der Waals surface area contributed by atoms with Gasteiger partial charge in [0.1, 0.15) is 5.60 Å². The molecule has 0 saturated carbocycles. The Hall–Kier alpha value is -2.43. The number of benzene rings is 1. The number of carbonyl (C=O) groups is 1. The summed E-state index contributed by atoms with van der Waals surface area (Å²) in [6.07, 6.45) is 2.21. The van der Waals surface area contributed by atoms with Crippen molar-refractivity contribution in [2.45, 2.75) is 46.6 Å². The molecule has 128 valence electrons. The minimum absolute atomic E-state index is 0.202. The molecule has 0 radical (unpaired) electrons. The average molecular weight is 327 g/mol. The topological polar surface area (TPSA) is 78.1 Å². The van der Waals surface area contributed by atoms with Gasteiger partial charge >= 0.3 is 5.97 Å². The summed E-state index contributed by atoms with van der Waals surface area (Å²) in [7, 11) is 0. The Morgan fingerprint density at radius 1 is 1.17 bits per heavy atom. The van der Waals surface area contributed by atoms with Crippen molar-refractivity contribution >= 4 is 11.9 Å². The average Bonchev–Trinajstić information content (AvgIpc) is 2.45. The van der Waals surface area contributed by atoms with E-state index in [1.54, 1.807) is 6.20 Å². The first-order valence-corrected chi connectivity index (χ1v) is 7.98. The number of hydrogen-bond acceptors (Lipinski definition) is 5. The molecule has 0 bridgehead atoms. The van der Waals surface area contributed by atoms with Crippen molar-refractivity contribution in [2.24, 2.45) is 5.41 Å². The number of ether oxygens (including phenoxy) is 1. The SMILES string of the molecule is CC(C)(C)OC(=O)C(C)(C)Cc1cccc(-c2ccnc(N)n2)c1. The molecule has 1 heterocycles. The predicted molar refractivity (Wildman–Crippen MR) is 95.2 cm³/mol. The van der Waals surface area contributed by atoms with Crippen molar-refractivity contribution < 1.29 is 9.53 Å². The quantitative estimate of drug-likeness (QED) is 0.867. The van der Waals surface area contributed by atoms with Gasteiger partial charge in [-0.1, -0.05) is 18.2 Å². The van der Waals surface area contributed by atoms with Crippen LogP contribution < -0.4 is 5.73 Å². The largest absolute Gasteiger partial charge is 0.460 e. The second-order valence-electron chi connectivity index (χ2n) is 7.56. The van der Waals surface area contributed by atoms with E-state index in [4.69, 9.17) is 10.5 Å². The molecule has 5 heteroatoms. The Morgan fingerprint density at radius 3 is 2.50 bits per heavy atom. The minimum Gasteiger partial charge on any atom is -0.460 e. The molecular weight excluding hydrogens is 302 g/mol. The first kappa shape index (κ1) is 17.9. The predicted octanol–water partition coefficient (Wildman–Crippen LogP) is 3.64. The summed E-state index contributed by atoms with van der Waals surface area (Å²) in [5.74, 6) is 0.0404.